The van der Waals surface area contributed by atoms with Crippen LogP contribution in [0.5, 0.6) is 0 Å². The highest BCUT2D eigenvalue weighted by atomic mass is 16.6. The molecular weight excluding hydrogens is 286 g/mol. The van der Waals surface area contributed by atoms with Crippen molar-refractivity contribution in [3.8, 4) is 0 Å². The van der Waals surface area contributed by atoms with E-state index in [0.717, 1.165) is 31.8 Å². The molecule has 0 spiro atoms. The Balaban J connectivity index is 1.89. The third kappa shape index (κ3) is 3.95. The largest absolute Gasteiger partial charge is 0.390 e. The molecule has 2 rings (SSSR count). The first-order chi connectivity index (χ1) is 10.4. The average Bonchev–Trinajstić information content (AvgIpc) is 2.73. The van der Waals surface area contributed by atoms with Crippen molar-refractivity contribution in [2.24, 2.45) is 13.0 Å². The van der Waals surface area contributed by atoms with E-state index in [1.54, 1.807) is 14.0 Å². The van der Waals surface area contributed by atoms with Crippen LogP contribution in [0.15, 0.2) is 0 Å². The van der Waals surface area contributed by atoms with Gasteiger partial charge in [0.05, 0.1) is 11.0 Å². The Morgan fingerprint density at radius 2 is 2.14 bits per heavy atom. The number of anilines is 1. The maximum atomic E-state index is 11.1. The van der Waals surface area contributed by atoms with E-state index in [4.69, 9.17) is 0 Å². The number of nitro groups is 1. The lowest BCUT2D eigenvalue weighted by Gasteiger charge is -2.31. The summed E-state index contributed by atoms with van der Waals surface area (Å²) in [7, 11) is 1.65. The molecule has 0 aliphatic carbocycles. The summed E-state index contributed by atoms with van der Waals surface area (Å²) in [6, 6.07) is 0. The summed E-state index contributed by atoms with van der Waals surface area (Å²) in [6.45, 7) is 6.72. The van der Waals surface area contributed by atoms with Crippen molar-refractivity contribution in [1.82, 2.24) is 14.7 Å². The van der Waals surface area contributed by atoms with Crippen molar-refractivity contribution in [3.63, 3.8) is 0 Å². The standard InChI is InChI=1S/C14H25N5O3/c1-10-4-6-18(7-5-10)9-12(20)8-15-14-13(19(21)22)11(2)16-17(14)3/h10,12,15,20H,4-9H2,1-3H3. The minimum atomic E-state index is -0.566. The Labute approximate surface area is 130 Å². The van der Waals surface area contributed by atoms with Gasteiger partial charge in [-0.1, -0.05) is 6.92 Å². The summed E-state index contributed by atoms with van der Waals surface area (Å²) >= 11 is 0. The van der Waals surface area contributed by atoms with Gasteiger partial charge in [0.15, 0.2) is 0 Å². The third-order valence-corrected chi connectivity index (χ3v) is 4.22. The van der Waals surface area contributed by atoms with Crippen molar-refractivity contribution >= 4 is 11.5 Å². The van der Waals surface area contributed by atoms with Crippen LogP contribution in [0.2, 0.25) is 0 Å². The van der Waals surface area contributed by atoms with E-state index >= 15 is 0 Å². The van der Waals surface area contributed by atoms with Gasteiger partial charge in [-0.25, -0.2) is 4.68 Å². The van der Waals surface area contributed by atoms with Crippen LogP contribution in [-0.2, 0) is 7.05 Å². The van der Waals surface area contributed by atoms with Crippen LogP contribution in [0.1, 0.15) is 25.5 Å². The van der Waals surface area contributed by atoms with Gasteiger partial charge in [0.25, 0.3) is 0 Å². The smallest absolute Gasteiger partial charge is 0.333 e. The SMILES string of the molecule is Cc1nn(C)c(NCC(O)CN2CCC(C)CC2)c1[N+](=O)[O-]. The molecule has 0 radical (unpaired) electrons. The zero-order chi connectivity index (χ0) is 16.3. The quantitative estimate of drug-likeness (QED) is 0.604. The zero-order valence-corrected chi connectivity index (χ0v) is 13.4. The van der Waals surface area contributed by atoms with Crippen molar-refractivity contribution in [1.29, 1.82) is 0 Å². The lowest BCUT2D eigenvalue weighted by molar-refractivity contribution is -0.384. The normalized spacial score (nSPS) is 18.4. The predicted molar refractivity (Wildman–Crippen MR) is 83.9 cm³/mol. The Hall–Kier alpha value is -1.67. The Bertz CT molecular complexity index is 523. The number of likely N-dealkylation sites (tertiary alicyclic amines) is 1. The second kappa shape index (κ2) is 7.06. The fourth-order valence-electron chi connectivity index (χ4n) is 2.89. The molecule has 0 aromatic carbocycles. The first kappa shape index (κ1) is 16.7. The van der Waals surface area contributed by atoms with Gasteiger partial charge in [-0.05, 0) is 38.8 Å². The third-order valence-electron chi connectivity index (χ3n) is 4.22. The van der Waals surface area contributed by atoms with Crippen LogP contribution in [0.4, 0.5) is 11.5 Å². The number of aliphatic hydroxyl groups excluding tert-OH is 1. The lowest BCUT2D eigenvalue weighted by Crippen LogP contribution is -2.40. The number of β-amino-alcohol motifs (C(OH)–C–C–N with tert-alkyl or cyclic N) is 1. The lowest BCUT2D eigenvalue weighted by atomic mass is 9.99. The molecule has 0 amide bonds. The first-order valence-electron chi connectivity index (χ1n) is 7.70. The van der Waals surface area contributed by atoms with Crippen LogP contribution < -0.4 is 5.32 Å². The van der Waals surface area contributed by atoms with Gasteiger partial charge >= 0.3 is 5.69 Å². The Morgan fingerprint density at radius 3 is 2.73 bits per heavy atom. The maximum absolute atomic E-state index is 11.1. The maximum Gasteiger partial charge on any atom is 0.333 e. The molecule has 2 N–H and O–H groups in total. The number of hydrogen-bond donors (Lipinski definition) is 2. The van der Waals surface area contributed by atoms with Crippen LogP contribution in [-0.4, -0.2) is 57.0 Å². The summed E-state index contributed by atoms with van der Waals surface area (Å²) in [5, 5.41) is 28.3. The van der Waals surface area contributed by atoms with E-state index in [-0.39, 0.29) is 12.2 Å². The van der Waals surface area contributed by atoms with Crippen LogP contribution >= 0.6 is 0 Å². The van der Waals surface area contributed by atoms with Crippen LogP contribution in [0.3, 0.4) is 0 Å². The number of nitrogens with one attached hydrogen (secondary N) is 1. The van der Waals surface area contributed by atoms with Crippen molar-refractivity contribution in [2.75, 3.05) is 31.5 Å². The van der Waals surface area contributed by atoms with E-state index in [9.17, 15) is 15.2 Å². The number of rotatable bonds is 6. The molecule has 1 aliphatic heterocycles. The molecule has 0 bridgehead atoms. The number of piperidine rings is 1. The highest BCUT2D eigenvalue weighted by molar-refractivity contribution is 5.59. The van der Waals surface area contributed by atoms with Crippen LogP contribution in [0.25, 0.3) is 0 Å². The molecule has 1 aliphatic rings. The fraction of sp³-hybridized carbons (Fsp3) is 0.786. The predicted octanol–water partition coefficient (Wildman–Crippen LogP) is 1.14. The van der Waals surface area contributed by atoms with Gasteiger partial charge in [0, 0.05) is 20.1 Å². The van der Waals surface area contributed by atoms with Gasteiger partial charge in [0.1, 0.15) is 5.69 Å². The molecule has 124 valence electrons. The summed E-state index contributed by atoms with van der Waals surface area (Å²) in [5.74, 6) is 1.10. The molecule has 2 heterocycles. The molecule has 1 atom stereocenters. The van der Waals surface area contributed by atoms with Gasteiger partial charge in [-0.2, -0.15) is 5.10 Å². The average molecular weight is 311 g/mol. The van der Waals surface area contributed by atoms with Gasteiger partial charge in [-0.3, -0.25) is 10.1 Å². The molecule has 1 aromatic heterocycles. The molecule has 8 heteroatoms. The molecule has 1 aromatic rings. The summed E-state index contributed by atoms with van der Waals surface area (Å²) in [6.07, 6.45) is 1.75. The number of nitrogens with zero attached hydrogens (tertiary/aromatic N) is 4. The van der Waals surface area contributed by atoms with E-state index in [1.807, 2.05) is 0 Å². The topological polar surface area (TPSA) is 96.5 Å². The van der Waals surface area contributed by atoms with E-state index < -0.39 is 11.0 Å². The number of hydrogen-bond acceptors (Lipinski definition) is 6. The highest BCUT2D eigenvalue weighted by Gasteiger charge is 2.25. The van der Waals surface area contributed by atoms with E-state index in [0.29, 0.717) is 18.1 Å². The van der Waals surface area contributed by atoms with Gasteiger partial charge in [-0.15, -0.1) is 0 Å². The summed E-state index contributed by atoms with van der Waals surface area (Å²) in [4.78, 5) is 12.9. The first-order valence-corrected chi connectivity index (χ1v) is 7.70. The molecule has 1 fully saturated rings. The second-order valence-electron chi connectivity index (χ2n) is 6.18. The molecule has 22 heavy (non-hydrogen) atoms. The van der Waals surface area contributed by atoms with Crippen molar-refractivity contribution in [2.45, 2.75) is 32.8 Å². The van der Waals surface area contributed by atoms with Crippen molar-refractivity contribution in [3.05, 3.63) is 15.8 Å². The fourth-order valence-corrected chi connectivity index (χ4v) is 2.89. The minimum absolute atomic E-state index is 0.0264. The summed E-state index contributed by atoms with van der Waals surface area (Å²) < 4.78 is 1.45. The number of aryl methyl sites for hydroxylation is 2. The highest BCUT2D eigenvalue weighted by Crippen LogP contribution is 2.27. The minimum Gasteiger partial charge on any atom is -0.390 e. The molecule has 1 saturated heterocycles. The van der Waals surface area contributed by atoms with Gasteiger partial charge < -0.3 is 15.3 Å². The molecule has 1 unspecified atom stereocenters. The molecule has 0 saturated carbocycles. The molecular formula is C14H25N5O3. The zero-order valence-electron chi connectivity index (χ0n) is 13.4. The van der Waals surface area contributed by atoms with Crippen LogP contribution in [0, 0.1) is 23.0 Å². The van der Waals surface area contributed by atoms with E-state index in [2.05, 4.69) is 22.2 Å². The molecule has 8 nitrogen and oxygen atoms in total. The van der Waals surface area contributed by atoms with E-state index in [1.165, 1.54) is 4.68 Å². The number of aliphatic hydroxyl groups is 1. The second-order valence-corrected chi connectivity index (χ2v) is 6.18. The van der Waals surface area contributed by atoms with Crippen molar-refractivity contribution < 1.29 is 10.0 Å². The Morgan fingerprint density at radius 1 is 1.50 bits per heavy atom. The number of aromatic nitrogens is 2. The van der Waals surface area contributed by atoms with Gasteiger partial charge in [0.2, 0.25) is 5.82 Å². The Kier molecular flexibility index (Phi) is 5.36. The monoisotopic (exact) mass is 311 g/mol. The summed E-state index contributed by atoms with van der Waals surface area (Å²) in [5.41, 5.74) is 0.344.